The van der Waals surface area contributed by atoms with Crippen LogP contribution in [-0.2, 0) is 26.2 Å². The number of benzene rings is 2. The molecule has 0 bridgehead atoms. The Kier molecular flexibility index (Phi) is 4.48. The summed E-state index contributed by atoms with van der Waals surface area (Å²) in [7, 11) is -3.47. The van der Waals surface area contributed by atoms with Crippen LogP contribution in [0.25, 0.3) is 21.7 Å². The van der Waals surface area contributed by atoms with Crippen LogP contribution < -0.4 is 5.63 Å². The van der Waals surface area contributed by atoms with Gasteiger partial charge in [0.25, 0.3) is 10.0 Å². The Bertz CT molecular complexity index is 1500. The van der Waals surface area contributed by atoms with E-state index in [1.807, 2.05) is 30.3 Å². The average molecular weight is 436 g/mol. The molecule has 0 aliphatic carbocycles. The molecular formula is C22H16N2O6S. The Morgan fingerprint density at radius 2 is 2.00 bits per heavy atom. The van der Waals surface area contributed by atoms with Gasteiger partial charge in [0.1, 0.15) is 18.0 Å². The lowest BCUT2D eigenvalue weighted by atomic mass is 10.0. The minimum atomic E-state index is -3.47. The summed E-state index contributed by atoms with van der Waals surface area (Å²) in [5.41, 5.74) is 0.698. The molecule has 3 heterocycles. The molecule has 0 saturated carbocycles. The van der Waals surface area contributed by atoms with Gasteiger partial charge in [-0.3, -0.25) is 0 Å². The number of nitrogens with zero attached hydrogens (tertiary/aromatic N) is 2. The predicted octanol–water partition coefficient (Wildman–Crippen LogP) is 2.49. The first-order valence-electron chi connectivity index (χ1n) is 9.50. The summed E-state index contributed by atoms with van der Waals surface area (Å²) in [6, 6.07) is 12.6. The van der Waals surface area contributed by atoms with Crippen LogP contribution >= 0.6 is 0 Å². The summed E-state index contributed by atoms with van der Waals surface area (Å²) in [6.45, 7) is 0.0914. The Morgan fingerprint density at radius 1 is 1.16 bits per heavy atom. The van der Waals surface area contributed by atoms with E-state index in [9.17, 15) is 18.0 Å². The van der Waals surface area contributed by atoms with Crippen LogP contribution in [0.2, 0.25) is 0 Å². The van der Waals surface area contributed by atoms with E-state index in [-0.39, 0.29) is 30.3 Å². The lowest BCUT2D eigenvalue weighted by Crippen LogP contribution is -2.37. The molecule has 156 valence electrons. The molecule has 5 rings (SSSR count). The largest absolute Gasteiger partial charge is 0.457 e. The molecule has 1 aromatic heterocycles. The van der Waals surface area contributed by atoms with Gasteiger partial charge in [0, 0.05) is 29.8 Å². The summed E-state index contributed by atoms with van der Waals surface area (Å²) in [6.07, 6.45) is 4.45. The fourth-order valence-electron chi connectivity index (χ4n) is 3.68. The molecule has 2 aliphatic rings. The van der Waals surface area contributed by atoms with Crippen LogP contribution in [0.4, 0.5) is 0 Å². The molecule has 0 N–H and O–H groups in total. The number of hydrogen-bond acceptors (Lipinski definition) is 7. The van der Waals surface area contributed by atoms with Gasteiger partial charge in [-0.2, -0.15) is 0 Å². The molecule has 2 aromatic carbocycles. The van der Waals surface area contributed by atoms with Crippen LogP contribution in [0.5, 0.6) is 0 Å². The van der Waals surface area contributed by atoms with E-state index >= 15 is 0 Å². The predicted molar refractivity (Wildman–Crippen MR) is 115 cm³/mol. The third kappa shape index (κ3) is 3.64. The molecular weight excluding hydrogens is 420 g/mol. The quantitative estimate of drug-likeness (QED) is 0.353. The monoisotopic (exact) mass is 436 g/mol. The zero-order valence-electron chi connectivity index (χ0n) is 16.1. The van der Waals surface area contributed by atoms with Crippen molar-refractivity contribution in [3.05, 3.63) is 82.4 Å². The second-order valence-electron chi connectivity index (χ2n) is 7.17. The Labute approximate surface area is 176 Å². The maximum atomic E-state index is 12.6. The minimum absolute atomic E-state index is 0.116. The van der Waals surface area contributed by atoms with Gasteiger partial charge in [-0.1, -0.05) is 30.3 Å². The fourth-order valence-corrected chi connectivity index (χ4v) is 4.65. The van der Waals surface area contributed by atoms with Gasteiger partial charge in [-0.15, -0.1) is 4.40 Å². The van der Waals surface area contributed by atoms with E-state index < -0.39 is 21.6 Å². The van der Waals surface area contributed by atoms with Crippen molar-refractivity contribution in [3.63, 3.8) is 0 Å². The van der Waals surface area contributed by atoms with Crippen LogP contribution in [0, 0.1) is 0 Å². The van der Waals surface area contributed by atoms with Crippen LogP contribution in [0.3, 0.4) is 0 Å². The number of carbonyl (C=O) groups is 1. The molecule has 3 aromatic rings. The van der Waals surface area contributed by atoms with E-state index in [4.69, 9.17) is 9.15 Å². The standard InChI is InChI=1S/C22H16N2O6S/c25-20-11-16(21-17-4-2-1-3-14(17)5-7-18(21)30-20)13-29-22(26)15-6-8-19-23-31(27,28)10-9-24(19)12-15/h1-8,11-12H,9-10,13H2. The second-order valence-corrected chi connectivity index (χ2v) is 8.93. The van der Waals surface area contributed by atoms with Crippen molar-refractivity contribution >= 4 is 43.6 Å². The number of hydrogen-bond donors (Lipinski definition) is 0. The maximum Gasteiger partial charge on any atom is 0.339 e. The molecule has 31 heavy (non-hydrogen) atoms. The smallest absolute Gasteiger partial charge is 0.339 e. The second kappa shape index (κ2) is 7.21. The number of carbonyl (C=O) groups excluding carboxylic acids is 1. The molecule has 8 nitrogen and oxygen atoms in total. The molecule has 0 fully saturated rings. The molecule has 0 unspecified atom stereocenters. The molecule has 0 radical (unpaired) electrons. The molecule has 0 atom stereocenters. The van der Waals surface area contributed by atoms with Gasteiger partial charge in [-0.05, 0) is 29.0 Å². The highest BCUT2D eigenvalue weighted by molar-refractivity contribution is 7.90. The van der Waals surface area contributed by atoms with Crippen molar-refractivity contribution in [2.24, 2.45) is 4.40 Å². The lowest BCUT2D eigenvalue weighted by molar-refractivity contribution is -0.139. The first-order valence-corrected chi connectivity index (χ1v) is 11.1. The Balaban J connectivity index is 1.44. The van der Waals surface area contributed by atoms with Gasteiger partial charge in [-0.25, -0.2) is 18.0 Å². The summed E-state index contributed by atoms with van der Waals surface area (Å²) in [5, 5.41) is 2.58. The van der Waals surface area contributed by atoms with Crippen molar-refractivity contribution < 1.29 is 22.4 Å². The Morgan fingerprint density at radius 3 is 2.87 bits per heavy atom. The zero-order chi connectivity index (χ0) is 21.6. The molecule has 0 spiro atoms. The highest BCUT2D eigenvalue weighted by atomic mass is 32.2. The first-order chi connectivity index (χ1) is 14.9. The van der Waals surface area contributed by atoms with E-state index in [0.29, 0.717) is 16.5 Å². The molecule has 2 aliphatic heterocycles. The topological polar surface area (TPSA) is 106 Å². The summed E-state index contributed by atoms with van der Waals surface area (Å²) in [5.74, 6) is -0.451. The first kappa shape index (κ1) is 19.3. The number of fused-ring (bicyclic) bond motifs is 4. The highest BCUT2D eigenvalue weighted by Crippen LogP contribution is 2.28. The van der Waals surface area contributed by atoms with E-state index in [1.165, 1.54) is 24.4 Å². The number of esters is 1. The number of ether oxygens (including phenoxy) is 1. The van der Waals surface area contributed by atoms with Crippen molar-refractivity contribution in [2.75, 3.05) is 12.3 Å². The third-order valence-corrected chi connectivity index (χ3v) is 6.30. The maximum absolute atomic E-state index is 12.6. The lowest BCUT2D eigenvalue weighted by Gasteiger charge is -2.26. The fraction of sp³-hybridized carbons (Fsp3) is 0.136. The van der Waals surface area contributed by atoms with Crippen molar-refractivity contribution in [1.82, 2.24) is 4.90 Å². The van der Waals surface area contributed by atoms with Gasteiger partial charge >= 0.3 is 11.6 Å². The molecule has 0 amide bonds. The number of amidine groups is 1. The average Bonchev–Trinajstić information content (AvgIpc) is 2.75. The van der Waals surface area contributed by atoms with Crippen LogP contribution in [0.1, 0.15) is 5.56 Å². The highest BCUT2D eigenvalue weighted by Gasteiger charge is 2.25. The number of rotatable bonds is 3. The van der Waals surface area contributed by atoms with Crippen molar-refractivity contribution in [1.29, 1.82) is 0 Å². The van der Waals surface area contributed by atoms with E-state index in [0.717, 1.165) is 10.8 Å². The van der Waals surface area contributed by atoms with E-state index in [1.54, 1.807) is 11.0 Å². The number of sulfonamides is 1. The van der Waals surface area contributed by atoms with Crippen LogP contribution in [0.15, 0.2) is 80.0 Å². The summed E-state index contributed by atoms with van der Waals surface area (Å²) >= 11 is 0. The van der Waals surface area contributed by atoms with Gasteiger partial charge < -0.3 is 14.1 Å². The third-order valence-electron chi connectivity index (χ3n) is 5.13. The van der Waals surface area contributed by atoms with Crippen molar-refractivity contribution in [3.8, 4) is 0 Å². The molecule has 9 heteroatoms. The summed E-state index contributed by atoms with van der Waals surface area (Å²) < 4.78 is 37.7. The van der Waals surface area contributed by atoms with Gasteiger partial charge in [0.2, 0.25) is 0 Å². The minimum Gasteiger partial charge on any atom is -0.457 e. The molecule has 0 saturated heterocycles. The Hall–Kier alpha value is -3.72. The van der Waals surface area contributed by atoms with E-state index in [2.05, 4.69) is 4.40 Å². The van der Waals surface area contributed by atoms with Gasteiger partial charge in [0.15, 0.2) is 0 Å². The van der Waals surface area contributed by atoms with Crippen molar-refractivity contribution in [2.45, 2.75) is 6.61 Å². The summed E-state index contributed by atoms with van der Waals surface area (Å²) in [4.78, 5) is 26.2. The SMILES string of the molecule is O=C(OCc1cc(=O)oc2ccc3ccccc3c12)C1=CN2CCS(=O)(=O)N=C2C=C1. The van der Waals surface area contributed by atoms with Crippen LogP contribution in [-0.4, -0.2) is 37.4 Å². The zero-order valence-corrected chi connectivity index (χ0v) is 17.0. The van der Waals surface area contributed by atoms with Gasteiger partial charge in [0.05, 0.1) is 11.3 Å². The normalized spacial score (nSPS) is 17.2.